The number of carbonyl (C=O) groups excluding carboxylic acids is 1. The summed E-state index contributed by atoms with van der Waals surface area (Å²) in [5.41, 5.74) is 9.34. The Balaban J connectivity index is 2.15. The molecule has 3 rings (SSSR count). The second-order valence-corrected chi connectivity index (χ2v) is 6.32. The highest BCUT2D eigenvalue weighted by Crippen LogP contribution is 2.30. The molecule has 2 aromatic heterocycles. The van der Waals surface area contributed by atoms with E-state index >= 15 is 0 Å². The molecule has 0 aliphatic heterocycles. The lowest BCUT2D eigenvalue weighted by Gasteiger charge is -2.22. The van der Waals surface area contributed by atoms with Crippen molar-refractivity contribution in [2.45, 2.75) is 6.92 Å². The monoisotopic (exact) mass is 390 g/mol. The van der Waals surface area contributed by atoms with Gasteiger partial charge in [-0.05, 0) is 47.1 Å². The van der Waals surface area contributed by atoms with Gasteiger partial charge in [0.2, 0.25) is 0 Å². The largest absolute Gasteiger partial charge is 0.383 e. The van der Waals surface area contributed by atoms with Crippen LogP contribution in [0.25, 0.3) is 21.9 Å². The molecule has 1 amide bonds. The second kappa shape index (κ2) is 6.78. The lowest BCUT2D eigenvalue weighted by atomic mass is 10.1. The van der Waals surface area contributed by atoms with E-state index in [1.54, 1.807) is 13.2 Å². The van der Waals surface area contributed by atoms with Crippen LogP contribution < -0.4 is 10.6 Å². The molecule has 0 bridgehead atoms. The fraction of sp³-hybridized carbons (Fsp3) is 0.294. The molecule has 3 aromatic rings. The Morgan fingerprint density at radius 1 is 1.42 bits per heavy atom. The number of amides is 1. The first-order chi connectivity index (χ1) is 11.5. The number of anilines is 1. The minimum atomic E-state index is -0.481. The predicted octanol–water partition coefficient (Wildman–Crippen LogP) is 3.05. The first kappa shape index (κ1) is 16.7. The summed E-state index contributed by atoms with van der Waals surface area (Å²) in [5, 5.41) is 0.959. The smallest absolute Gasteiger partial charge is 0.250 e. The molecule has 0 saturated carbocycles. The highest BCUT2D eigenvalue weighted by Gasteiger charge is 2.15. The molecule has 0 atom stereocenters. The average Bonchev–Trinajstić information content (AvgIpc) is 2.92. The molecular formula is C17H19BrN4O2. The van der Waals surface area contributed by atoms with Gasteiger partial charge in [0.25, 0.3) is 5.91 Å². The highest BCUT2D eigenvalue weighted by molar-refractivity contribution is 9.10. The van der Waals surface area contributed by atoms with Gasteiger partial charge in [-0.25, -0.2) is 4.98 Å². The van der Waals surface area contributed by atoms with Gasteiger partial charge in [-0.2, -0.15) is 0 Å². The number of H-pyrrole nitrogens is 1. The van der Waals surface area contributed by atoms with E-state index in [9.17, 15) is 4.79 Å². The number of nitrogens with one attached hydrogen (secondary N) is 1. The summed E-state index contributed by atoms with van der Waals surface area (Å²) < 4.78 is 5.76. The summed E-state index contributed by atoms with van der Waals surface area (Å²) in [6.45, 7) is 4.47. The summed E-state index contributed by atoms with van der Waals surface area (Å²) in [4.78, 5) is 21.7. The number of nitrogens with two attached hydrogens (primary N) is 1. The SMILES string of the molecule is CCN(CCOC)c1ccc2c(c1)[nH]c1c(C(N)=O)cc(Br)nc12. The highest BCUT2D eigenvalue weighted by atomic mass is 79.9. The molecule has 0 saturated heterocycles. The molecule has 0 aliphatic carbocycles. The number of aromatic amines is 1. The van der Waals surface area contributed by atoms with Crippen LogP contribution in [-0.2, 0) is 4.74 Å². The average molecular weight is 391 g/mol. The molecule has 1 aromatic carbocycles. The van der Waals surface area contributed by atoms with Crippen molar-refractivity contribution < 1.29 is 9.53 Å². The number of carbonyl (C=O) groups is 1. The molecule has 3 N–H and O–H groups in total. The maximum absolute atomic E-state index is 11.7. The number of pyridine rings is 1. The third-order valence-corrected chi connectivity index (χ3v) is 4.49. The standard InChI is InChI=1S/C17H19BrN4O2/c1-3-22(6-7-24-2)10-4-5-11-13(8-10)20-16-12(17(19)23)9-14(18)21-15(11)16/h4-5,8-9,20H,3,6-7H2,1-2H3,(H2,19,23). The minimum absolute atomic E-state index is 0.427. The molecule has 2 heterocycles. The van der Waals surface area contributed by atoms with Crippen LogP contribution in [0.3, 0.4) is 0 Å². The summed E-state index contributed by atoms with van der Waals surface area (Å²) in [6.07, 6.45) is 0. The van der Waals surface area contributed by atoms with Gasteiger partial charge in [-0.15, -0.1) is 0 Å². The molecule has 6 nitrogen and oxygen atoms in total. The molecule has 0 spiro atoms. The van der Waals surface area contributed by atoms with Crippen LogP contribution in [0.15, 0.2) is 28.9 Å². The number of methoxy groups -OCH3 is 1. The first-order valence-corrected chi connectivity index (χ1v) is 8.50. The van der Waals surface area contributed by atoms with E-state index in [1.165, 1.54) is 0 Å². The van der Waals surface area contributed by atoms with Crippen molar-refractivity contribution in [1.29, 1.82) is 0 Å². The number of ether oxygens (including phenoxy) is 1. The number of likely N-dealkylation sites (N-methyl/N-ethyl adjacent to an activating group) is 1. The Morgan fingerprint density at radius 3 is 2.88 bits per heavy atom. The van der Waals surface area contributed by atoms with E-state index in [4.69, 9.17) is 10.5 Å². The fourth-order valence-corrected chi connectivity index (χ4v) is 3.28. The van der Waals surface area contributed by atoms with Crippen molar-refractivity contribution in [1.82, 2.24) is 9.97 Å². The Labute approximate surface area is 148 Å². The van der Waals surface area contributed by atoms with Gasteiger partial charge in [0.05, 0.1) is 28.7 Å². The molecule has 0 fully saturated rings. The van der Waals surface area contributed by atoms with E-state index in [2.05, 4.69) is 49.9 Å². The van der Waals surface area contributed by atoms with Crippen LogP contribution in [-0.4, -0.2) is 42.7 Å². The van der Waals surface area contributed by atoms with E-state index in [0.29, 0.717) is 22.3 Å². The zero-order valence-electron chi connectivity index (χ0n) is 13.6. The van der Waals surface area contributed by atoms with Crippen molar-refractivity contribution in [3.63, 3.8) is 0 Å². The van der Waals surface area contributed by atoms with Gasteiger partial charge in [-0.1, -0.05) is 0 Å². The molecule has 7 heteroatoms. The number of aromatic nitrogens is 2. The second-order valence-electron chi connectivity index (χ2n) is 5.51. The Bertz CT molecular complexity index is 906. The van der Waals surface area contributed by atoms with Crippen molar-refractivity contribution in [3.05, 3.63) is 34.4 Å². The van der Waals surface area contributed by atoms with E-state index in [-0.39, 0.29) is 0 Å². The number of primary amides is 1. The van der Waals surface area contributed by atoms with Crippen molar-refractivity contribution in [3.8, 4) is 0 Å². The van der Waals surface area contributed by atoms with Crippen LogP contribution in [0.2, 0.25) is 0 Å². The van der Waals surface area contributed by atoms with Crippen LogP contribution in [0.4, 0.5) is 5.69 Å². The molecule has 126 valence electrons. The van der Waals surface area contributed by atoms with Crippen LogP contribution in [0.5, 0.6) is 0 Å². The summed E-state index contributed by atoms with van der Waals surface area (Å²) in [7, 11) is 1.70. The first-order valence-electron chi connectivity index (χ1n) is 7.70. The third kappa shape index (κ3) is 2.97. The van der Waals surface area contributed by atoms with Crippen molar-refractivity contribution in [2.75, 3.05) is 31.7 Å². The van der Waals surface area contributed by atoms with Crippen molar-refractivity contribution in [2.24, 2.45) is 5.73 Å². The normalized spacial score (nSPS) is 11.3. The lowest BCUT2D eigenvalue weighted by Crippen LogP contribution is -2.26. The zero-order chi connectivity index (χ0) is 17.3. The predicted molar refractivity (Wildman–Crippen MR) is 99.6 cm³/mol. The zero-order valence-corrected chi connectivity index (χ0v) is 15.2. The molecule has 0 aliphatic rings. The van der Waals surface area contributed by atoms with Crippen molar-refractivity contribution >= 4 is 49.5 Å². The number of nitrogens with zero attached hydrogens (tertiary/aromatic N) is 2. The van der Waals surface area contributed by atoms with E-state index in [0.717, 1.165) is 35.2 Å². The van der Waals surface area contributed by atoms with Crippen LogP contribution >= 0.6 is 15.9 Å². The molecular weight excluding hydrogens is 372 g/mol. The minimum Gasteiger partial charge on any atom is -0.383 e. The van der Waals surface area contributed by atoms with E-state index < -0.39 is 5.91 Å². The van der Waals surface area contributed by atoms with Crippen LogP contribution in [0, 0.1) is 0 Å². The van der Waals surface area contributed by atoms with Crippen LogP contribution in [0.1, 0.15) is 17.3 Å². The Kier molecular flexibility index (Phi) is 4.73. The Hall–Kier alpha value is -2.12. The molecule has 24 heavy (non-hydrogen) atoms. The van der Waals surface area contributed by atoms with E-state index in [1.807, 2.05) is 6.07 Å². The topological polar surface area (TPSA) is 84.2 Å². The van der Waals surface area contributed by atoms with Gasteiger partial charge in [0.1, 0.15) is 4.60 Å². The fourth-order valence-electron chi connectivity index (χ4n) is 2.87. The lowest BCUT2D eigenvalue weighted by molar-refractivity contribution is 0.100. The summed E-state index contributed by atoms with van der Waals surface area (Å²) in [5.74, 6) is -0.481. The summed E-state index contributed by atoms with van der Waals surface area (Å²) in [6, 6.07) is 7.78. The number of rotatable bonds is 6. The number of hydrogen-bond donors (Lipinski definition) is 2. The maximum atomic E-state index is 11.7. The number of hydrogen-bond acceptors (Lipinski definition) is 4. The van der Waals surface area contributed by atoms with Gasteiger partial charge < -0.3 is 20.4 Å². The summed E-state index contributed by atoms with van der Waals surface area (Å²) >= 11 is 3.34. The number of halogens is 1. The third-order valence-electron chi connectivity index (χ3n) is 4.08. The molecule has 0 radical (unpaired) electrons. The quantitative estimate of drug-likeness (QED) is 0.633. The molecule has 0 unspecified atom stereocenters. The maximum Gasteiger partial charge on any atom is 0.250 e. The Morgan fingerprint density at radius 2 is 2.21 bits per heavy atom. The van der Waals surface area contributed by atoms with Gasteiger partial charge >= 0.3 is 0 Å². The van der Waals surface area contributed by atoms with Gasteiger partial charge in [-0.3, -0.25) is 4.79 Å². The number of fused-ring (bicyclic) bond motifs is 3. The van der Waals surface area contributed by atoms with Gasteiger partial charge in [0.15, 0.2) is 0 Å². The number of benzene rings is 1. The van der Waals surface area contributed by atoms with Gasteiger partial charge in [0, 0.05) is 31.3 Å².